The van der Waals surface area contributed by atoms with E-state index in [1.165, 1.54) is 4.68 Å². The van der Waals surface area contributed by atoms with Crippen LogP contribution in [0, 0.1) is 0 Å². The van der Waals surface area contributed by atoms with Gasteiger partial charge in [-0.3, -0.25) is 14.7 Å². The number of benzene rings is 2. The van der Waals surface area contributed by atoms with E-state index in [0.29, 0.717) is 17.6 Å². The molecule has 5 nitrogen and oxygen atoms in total. The summed E-state index contributed by atoms with van der Waals surface area (Å²) < 4.78 is 1.31. The molecule has 0 radical (unpaired) electrons. The standard InChI is InChI=1S/C15H13N3O2/c16-12-8-4-7-11-13(12)14(19)17-18(15(11)20)9-10-5-2-1-3-6-10/h1-8H,9,16H2,(H,17,19). The van der Waals surface area contributed by atoms with Gasteiger partial charge in [0.25, 0.3) is 11.1 Å². The summed E-state index contributed by atoms with van der Waals surface area (Å²) in [7, 11) is 0. The molecule has 0 aliphatic heterocycles. The summed E-state index contributed by atoms with van der Waals surface area (Å²) in [6.07, 6.45) is 0. The number of nitrogens with one attached hydrogen (secondary N) is 1. The molecule has 100 valence electrons. The number of nitrogen functional groups attached to an aromatic ring is 1. The van der Waals surface area contributed by atoms with Crippen LogP contribution in [0.1, 0.15) is 5.56 Å². The first-order valence-corrected chi connectivity index (χ1v) is 6.22. The Morgan fingerprint density at radius 3 is 2.50 bits per heavy atom. The third-order valence-corrected chi connectivity index (χ3v) is 3.22. The van der Waals surface area contributed by atoms with Gasteiger partial charge < -0.3 is 5.73 Å². The molecule has 0 saturated heterocycles. The molecular formula is C15H13N3O2. The molecule has 1 aromatic heterocycles. The zero-order valence-corrected chi connectivity index (χ0v) is 10.7. The van der Waals surface area contributed by atoms with E-state index in [9.17, 15) is 9.59 Å². The maximum Gasteiger partial charge on any atom is 0.273 e. The van der Waals surface area contributed by atoms with Crippen LogP contribution in [-0.2, 0) is 6.54 Å². The van der Waals surface area contributed by atoms with Crippen LogP contribution in [0.15, 0.2) is 58.1 Å². The van der Waals surface area contributed by atoms with Gasteiger partial charge in [-0.05, 0) is 17.7 Å². The zero-order chi connectivity index (χ0) is 14.1. The maximum absolute atomic E-state index is 12.4. The number of hydrogen-bond donors (Lipinski definition) is 2. The SMILES string of the molecule is Nc1cccc2c(=O)n(Cc3ccccc3)[nH]c(=O)c12. The molecule has 0 saturated carbocycles. The van der Waals surface area contributed by atoms with Gasteiger partial charge in [0.1, 0.15) is 0 Å². The second-order valence-electron chi connectivity index (χ2n) is 4.59. The van der Waals surface area contributed by atoms with E-state index in [4.69, 9.17) is 5.73 Å². The van der Waals surface area contributed by atoms with Gasteiger partial charge in [0.05, 0.1) is 17.3 Å². The summed E-state index contributed by atoms with van der Waals surface area (Å²) in [6.45, 7) is 0.319. The van der Waals surface area contributed by atoms with Gasteiger partial charge in [0, 0.05) is 5.69 Å². The van der Waals surface area contributed by atoms with E-state index in [2.05, 4.69) is 5.10 Å². The van der Waals surface area contributed by atoms with Crippen molar-refractivity contribution >= 4 is 16.5 Å². The molecule has 0 spiro atoms. The molecular weight excluding hydrogens is 254 g/mol. The number of anilines is 1. The smallest absolute Gasteiger partial charge is 0.273 e. The minimum atomic E-state index is -0.353. The van der Waals surface area contributed by atoms with Crippen LogP contribution in [0.2, 0.25) is 0 Å². The average molecular weight is 267 g/mol. The molecule has 0 aliphatic rings. The van der Waals surface area contributed by atoms with E-state index >= 15 is 0 Å². The van der Waals surface area contributed by atoms with Crippen molar-refractivity contribution in [2.75, 3.05) is 5.73 Å². The third kappa shape index (κ3) is 1.99. The second kappa shape index (κ2) is 4.70. The van der Waals surface area contributed by atoms with Crippen LogP contribution < -0.4 is 16.9 Å². The van der Waals surface area contributed by atoms with Gasteiger partial charge in [-0.25, -0.2) is 4.68 Å². The topological polar surface area (TPSA) is 80.9 Å². The molecule has 3 N–H and O–H groups in total. The average Bonchev–Trinajstić information content (AvgIpc) is 2.45. The van der Waals surface area contributed by atoms with Crippen molar-refractivity contribution in [2.24, 2.45) is 0 Å². The maximum atomic E-state index is 12.4. The van der Waals surface area contributed by atoms with Crippen molar-refractivity contribution in [3.8, 4) is 0 Å². The van der Waals surface area contributed by atoms with Crippen molar-refractivity contribution in [3.05, 3.63) is 74.8 Å². The van der Waals surface area contributed by atoms with Crippen molar-refractivity contribution in [1.29, 1.82) is 0 Å². The Morgan fingerprint density at radius 2 is 1.75 bits per heavy atom. The molecule has 20 heavy (non-hydrogen) atoms. The zero-order valence-electron chi connectivity index (χ0n) is 10.7. The van der Waals surface area contributed by atoms with E-state index in [1.54, 1.807) is 18.2 Å². The Hall–Kier alpha value is -2.82. The van der Waals surface area contributed by atoms with Crippen molar-refractivity contribution in [3.63, 3.8) is 0 Å². The molecule has 0 amide bonds. The highest BCUT2D eigenvalue weighted by Gasteiger charge is 2.09. The fourth-order valence-electron chi connectivity index (χ4n) is 2.25. The predicted octanol–water partition coefficient (Wildman–Crippen LogP) is 1.32. The second-order valence-corrected chi connectivity index (χ2v) is 4.59. The molecule has 0 unspecified atom stereocenters. The first-order valence-electron chi connectivity index (χ1n) is 6.22. The molecule has 0 aliphatic carbocycles. The normalized spacial score (nSPS) is 10.8. The lowest BCUT2D eigenvalue weighted by Crippen LogP contribution is -2.30. The molecule has 0 atom stereocenters. The fraction of sp³-hybridized carbons (Fsp3) is 0.0667. The number of fused-ring (bicyclic) bond motifs is 1. The number of rotatable bonds is 2. The van der Waals surface area contributed by atoms with Crippen LogP contribution in [-0.4, -0.2) is 9.78 Å². The minimum Gasteiger partial charge on any atom is -0.398 e. The number of nitrogens with zero attached hydrogens (tertiary/aromatic N) is 1. The predicted molar refractivity (Wildman–Crippen MR) is 78.8 cm³/mol. The summed E-state index contributed by atoms with van der Waals surface area (Å²) in [6, 6.07) is 14.4. The van der Waals surface area contributed by atoms with Crippen LogP contribution in [0.4, 0.5) is 5.69 Å². The van der Waals surface area contributed by atoms with Crippen molar-refractivity contribution in [2.45, 2.75) is 6.54 Å². The van der Waals surface area contributed by atoms with E-state index in [0.717, 1.165) is 5.56 Å². The first-order chi connectivity index (χ1) is 9.66. The van der Waals surface area contributed by atoms with E-state index in [-0.39, 0.29) is 16.5 Å². The van der Waals surface area contributed by atoms with Crippen LogP contribution >= 0.6 is 0 Å². The molecule has 3 rings (SSSR count). The lowest BCUT2D eigenvalue weighted by atomic mass is 10.1. The van der Waals surface area contributed by atoms with Gasteiger partial charge in [-0.1, -0.05) is 36.4 Å². The fourth-order valence-corrected chi connectivity index (χ4v) is 2.25. The quantitative estimate of drug-likeness (QED) is 0.687. The van der Waals surface area contributed by atoms with Crippen molar-refractivity contribution in [1.82, 2.24) is 9.78 Å². The van der Waals surface area contributed by atoms with Crippen molar-refractivity contribution < 1.29 is 0 Å². The van der Waals surface area contributed by atoms with E-state index < -0.39 is 0 Å². The molecule has 5 heteroatoms. The Balaban J connectivity index is 2.22. The summed E-state index contributed by atoms with van der Waals surface area (Å²) in [5.74, 6) is 0. The van der Waals surface area contributed by atoms with Gasteiger partial charge >= 0.3 is 0 Å². The van der Waals surface area contributed by atoms with Crippen LogP contribution in [0.5, 0.6) is 0 Å². The third-order valence-electron chi connectivity index (χ3n) is 3.22. The lowest BCUT2D eigenvalue weighted by molar-refractivity contribution is 0.637. The monoisotopic (exact) mass is 267 g/mol. The van der Waals surface area contributed by atoms with Crippen LogP contribution in [0.25, 0.3) is 10.8 Å². The summed E-state index contributed by atoms with van der Waals surface area (Å²) >= 11 is 0. The van der Waals surface area contributed by atoms with Gasteiger partial charge in [0.2, 0.25) is 0 Å². The van der Waals surface area contributed by atoms with Gasteiger partial charge in [-0.2, -0.15) is 0 Å². The minimum absolute atomic E-state index is 0.252. The molecule has 2 aromatic carbocycles. The Labute approximate surface area is 114 Å². The summed E-state index contributed by atoms with van der Waals surface area (Å²) in [5.41, 5.74) is 6.40. The number of aromatic nitrogens is 2. The Kier molecular flexibility index (Phi) is 2.87. The number of H-pyrrole nitrogens is 1. The largest absolute Gasteiger partial charge is 0.398 e. The summed E-state index contributed by atoms with van der Waals surface area (Å²) in [5, 5.41) is 3.17. The highest BCUT2D eigenvalue weighted by atomic mass is 16.2. The first kappa shape index (κ1) is 12.2. The summed E-state index contributed by atoms with van der Waals surface area (Å²) in [4.78, 5) is 24.4. The Morgan fingerprint density at radius 1 is 1.00 bits per heavy atom. The number of nitrogens with two attached hydrogens (primary N) is 1. The van der Waals surface area contributed by atoms with Gasteiger partial charge in [0.15, 0.2) is 0 Å². The number of aromatic amines is 1. The molecule has 0 fully saturated rings. The number of hydrogen-bond acceptors (Lipinski definition) is 3. The van der Waals surface area contributed by atoms with Crippen LogP contribution in [0.3, 0.4) is 0 Å². The van der Waals surface area contributed by atoms with E-state index in [1.807, 2.05) is 30.3 Å². The van der Waals surface area contributed by atoms with Gasteiger partial charge in [-0.15, -0.1) is 0 Å². The highest BCUT2D eigenvalue weighted by Crippen LogP contribution is 2.12. The highest BCUT2D eigenvalue weighted by molar-refractivity contribution is 5.91. The molecule has 0 bridgehead atoms. The lowest BCUT2D eigenvalue weighted by Gasteiger charge is -2.08. The molecule has 1 heterocycles. The Bertz CT molecular complexity index is 879. The molecule has 3 aromatic rings.